The molecule has 2 amide bonds. The molecule has 0 atom stereocenters. The lowest BCUT2D eigenvalue weighted by molar-refractivity contribution is -0.117. The van der Waals surface area contributed by atoms with E-state index < -0.39 is 11.8 Å². The van der Waals surface area contributed by atoms with Gasteiger partial charge in [0.25, 0.3) is 11.8 Å². The van der Waals surface area contributed by atoms with E-state index in [0.717, 1.165) is 9.48 Å². The number of nitrogens with one attached hydrogen (secondary N) is 1. The highest BCUT2D eigenvalue weighted by atomic mass is 79.9. The van der Waals surface area contributed by atoms with Gasteiger partial charge in [0.15, 0.2) is 11.5 Å². The number of aromatic hydroxyl groups is 1. The van der Waals surface area contributed by atoms with Crippen LogP contribution in [0, 0.1) is 0 Å². The molecule has 0 aliphatic carbocycles. The number of carbonyl (C=O) groups is 2. The molecule has 1 fully saturated rings. The minimum absolute atomic E-state index is 0.0876. The van der Waals surface area contributed by atoms with Crippen LogP contribution in [0.5, 0.6) is 11.5 Å². The molecule has 6 nitrogen and oxygen atoms in total. The largest absolute Gasteiger partial charge is 0.504 e. The topological polar surface area (TPSA) is 78.9 Å². The molecule has 0 bridgehead atoms. The van der Waals surface area contributed by atoms with E-state index in [2.05, 4.69) is 37.3 Å². The van der Waals surface area contributed by atoms with Gasteiger partial charge >= 0.3 is 0 Å². The van der Waals surface area contributed by atoms with Crippen molar-refractivity contribution in [3.63, 3.8) is 0 Å². The lowest BCUT2D eigenvalue weighted by Gasteiger charge is -2.14. The molecule has 128 valence electrons. The Hall–Kier alpha value is -2.32. The van der Waals surface area contributed by atoms with Gasteiger partial charge in [-0.25, -0.2) is 5.01 Å². The highest BCUT2D eigenvalue weighted by Gasteiger charge is 2.34. The smallest absolute Gasteiger partial charge is 0.282 e. The second-order valence-corrected chi connectivity index (χ2v) is 7.00. The third kappa shape index (κ3) is 3.40. The summed E-state index contributed by atoms with van der Waals surface area (Å²) in [5.41, 5.74) is 3.24. The fourth-order valence-corrected chi connectivity index (χ4v) is 3.21. The molecule has 0 aromatic heterocycles. The maximum Gasteiger partial charge on any atom is 0.282 e. The first-order valence-corrected chi connectivity index (χ1v) is 8.68. The lowest BCUT2D eigenvalue weighted by atomic mass is 10.1. The van der Waals surface area contributed by atoms with Crippen LogP contribution in [0.2, 0.25) is 0 Å². The van der Waals surface area contributed by atoms with Crippen molar-refractivity contribution in [3.05, 3.63) is 56.5 Å². The molecule has 8 heteroatoms. The van der Waals surface area contributed by atoms with Crippen LogP contribution in [-0.2, 0) is 9.59 Å². The van der Waals surface area contributed by atoms with Crippen LogP contribution in [-0.4, -0.2) is 24.0 Å². The monoisotopic (exact) mass is 466 g/mol. The van der Waals surface area contributed by atoms with Gasteiger partial charge in [-0.3, -0.25) is 15.0 Å². The Kier molecular flexibility index (Phi) is 4.82. The van der Waals surface area contributed by atoms with Gasteiger partial charge in [-0.2, -0.15) is 0 Å². The number of hydrazine groups is 1. The zero-order valence-electron chi connectivity index (χ0n) is 12.9. The summed E-state index contributed by atoms with van der Waals surface area (Å²) in [6, 6.07) is 10.2. The first-order valence-electron chi connectivity index (χ1n) is 7.10. The number of carbonyl (C=O) groups excluding carboxylic acids is 2. The van der Waals surface area contributed by atoms with Crippen LogP contribution in [0.25, 0.3) is 6.08 Å². The summed E-state index contributed by atoms with van der Waals surface area (Å²) in [6.07, 6.45) is 1.33. The number of nitrogens with zero attached hydrogens (tertiary/aromatic N) is 1. The van der Waals surface area contributed by atoms with Gasteiger partial charge in [0.05, 0.1) is 12.8 Å². The number of hydrogen-bond acceptors (Lipinski definition) is 4. The van der Waals surface area contributed by atoms with Gasteiger partial charge in [-0.15, -0.1) is 0 Å². The SMILES string of the molecule is COc1cc(Br)cc(C=C2C(=O)NN(c3cccc(Br)c3)C2=O)c1O. The fourth-order valence-electron chi connectivity index (χ4n) is 2.37. The molecule has 0 saturated carbocycles. The van der Waals surface area contributed by atoms with E-state index in [4.69, 9.17) is 4.74 Å². The molecular formula is C17H12Br2N2O4. The minimum Gasteiger partial charge on any atom is -0.504 e. The lowest BCUT2D eigenvalue weighted by Crippen LogP contribution is -2.35. The molecule has 1 aliphatic rings. The van der Waals surface area contributed by atoms with Crippen LogP contribution in [0.15, 0.2) is 50.9 Å². The van der Waals surface area contributed by atoms with Crippen LogP contribution in [0.3, 0.4) is 0 Å². The summed E-state index contributed by atoms with van der Waals surface area (Å²) in [5, 5.41) is 11.4. The van der Waals surface area contributed by atoms with Gasteiger partial charge in [0.2, 0.25) is 0 Å². The van der Waals surface area contributed by atoms with E-state index in [1.165, 1.54) is 13.2 Å². The number of ether oxygens (including phenoxy) is 1. The number of hydrogen-bond donors (Lipinski definition) is 2. The van der Waals surface area contributed by atoms with E-state index >= 15 is 0 Å². The van der Waals surface area contributed by atoms with E-state index in [-0.39, 0.29) is 17.1 Å². The van der Waals surface area contributed by atoms with E-state index in [1.54, 1.807) is 30.3 Å². The maximum atomic E-state index is 12.6. The molecule has 0 radical (unpaired) electrons. The number of anilines is 1. The Labute approximate surface area is 160 Å². The van der Waals surface area contributed by atoms with Crippen molar-refractivity contribution in [1.29, 1.82) is 0 Å². The van der Waals surface area contributed by atoms with Crippen LogP contribution in [0.4, 0.5) is 5.69 Å². The van der Waals surface area contributed by atoms with Crippen molar-refractivity contribution < 1.29 is 19.4 Å². The Morgan fingerprint density at radius 2 is 1.92 bits per heavy atom. The van der Waals surface area contributed by atoms with Crippen LogP contribution >= 0.6 is 31.9 Å². The van der Waals surface area contributed by atoms with Crippen molar-refractivity contribution in [2.45, 2.75) is 0 Å². The van der Waals surface area contributed by atoms with Crippen molar-refractivity contribution >= 4 is 55.4 Å². The number of amides is 2. The van der Waals surface area contributed by atoms with Gasteiger partial charge in [-0.05, 0) is 36.4 Å². The van der Waals surface area contributed by atoms with Crippen LogP contribution < -0.4 is 15.2 Å². The molecule has 25 heavy (non-hydrogen) atoms. The Balaban J connectivity index is 2.01. The molecule has 1 saturated heterocycles. The number of phenols is 1. The molecule has 1 heterocycles. The second kappa shape index (κ2) is 6.89. The quantitative estimate of drug-likeness (QED) is 0.535. The maximum absolute atomic E-state index is 12.6. The number of rotatable bonds is 3. The van der Waals surface area contributed by atoms with E-state index in [9.17, 15) is 14.7 Å². The molecule has 2 aromatic carbocycles. The summed E-state index contributed by atoms with van der Waals surface area (Å²) in [7, 11) is 1.42. The van der Waals surface area contributed by atoms with Crippen LogP contribution in [0.1, 0.15) is 5.56 Å². The Morgan fingerprint density at radius 1 is 1.16 bits per heavy atom. The van der Waals surface area contributed by atoms with Gasteiger partial charge in [0.1, 0.15) is 5.57 Å². The van der Waals surface area contributed by atoms with Crippen molar-refractivity contribution in [3.8, 4) is 11.5 Å². The van der Waals surface area contributed by atoms with Gasteiger partial charge in [-0.1, -0.05) is 37.9 Å². The number of halogens is 2. The Morgan fingerprint density at radius 3 is 2.60 bits per heavy atom. The summed E-state index contributed by atoms with van der Waals surface area (Å²) in [6.45, 7) is 0. The molecule has 1 aliphatic heterocycles. The van der Waals surface area contributed by atoms with Gasteiger partial charge < -0.3 is 9.84 Å². The molecule has 0 spiro atoms. The van der Waals surface area contributed by atoms with Crippen molar-refractivity contribution in [2.75, 3.05) is 12.1 Å². The molecule has 3 rings (SSSR count). The fraction of sp³-hybridized carbons (Fsp3) is 0.0588. The summed E-state index contributed by atoms with van der Waals surface area (Å²) < 4.78 is 6.50. The summed E-state index contributed by atoms with van der Waals surface area (Å²) >= 11 is 6.63. The highest BCUT2D eigenvalue weighted by Crippen LogP contribution is 2.35. The average Bonchev–Trinajstić information content (AvgIpc) is 2.86. The second-order valence-electron chi connectivity index (χ2n) is 5.17. The Bertz CT molecular complexity index is 912. The normalized spacial score (nSPS) is 15.6. The third-order valence-electron chi connectivity index (χ3n) is 3.55. The molecule has 2 aromatic rings. The first kappa shape index (κ1) is 17.5. The summed E-state index contributed by atoms with van der Waals surface area (Å²) in [4.78, 5) is 24.8. The standard InChI is InChI=1S/C17H12Br2N2O4/c1-25-14-8-11(19)5-9(15(14)22)6-13-16(23)20-21(17(13)24)12-4-2-3-10(18)7-12/h2-8,22H,1H3,(H,20,23). The molecule has 2 N–H and O–H groups in total. The average molecular weight is 468 g/mol. The van der Waals surface area contributed by atoms with E-state index in [0.29, 0.717) is 15.7 Å². The van der Waals surface area contributed by atoms with E-state index in [1.807, 2.05) is 6.07 Å². The first-order chi connectivity index (χ1) is 11.9. The summed E-state index contributed by atoms with van der Waals surface area (Å²) in [5.74, 6) is -0.986. The highest BCUT2D eigenvalue weighted by molar-refractivity contribution is 9.10. The number of benzene rings is 2. The minimum atomic E-state index is -0.552. The zero-order valence-corrected chi connectivity index (χ0v) is 16.1. The number of methoxy groups -OCH3 is 1. The van der Waals surface area contributed by atoms with Crippen molar-refractivity contribution in [1.82, 2.24) is 5.43 Å². The van der Waals surface area contributed by atoms with Gasteiger partial charge in [0, 0.05) is 14.5 Å². The molecule has 0 unspecified atom stereocenters. The predicted octanol–water partition coefficient (Wildman–Crippen LogP) is 3.39. The zero-order chi connectivity index (χ0) is 18.1. The number of phenolic OH excluding ortho intramolecular Hbond substituents is 1. The predicted molar refractivity (Wildman–Crippen MR) is 100 cm³/mol. The molecular weight excluding hydrogens is 456 g/mol. The third-order valence-corrected chi connectivity index (χ3v) is 4.50. The van der Waals surface area contributed by atoms with Crippen molar-refractivity contribution in [2.24, 2.45) is 0 Å².